The molecule has 0 aliphatic carbocycles. The summed E-state index contributed by atoms with van der Waals surface area (Å²) in [6.45, 7) is 8.12. The quantitative estimate of drug-likeness (QED) is 0.560. The van der Waals surface area contributed by atoms with Crippen molar-refractivity contribution in [3.8, 4) is 0 Å². The Balaban J connectivity index is 3.50. The van der Waals surface area contributed by atoms with Gasteiger partial charge >= 0.3 is 0 Å². The van der Waals surface area contributed by atoms with E-state index in [4.69, 9.17) is 0 Å². The lowest BCUT2D eigenvalue weighted by molar-refractivity contribution is 0.0975. The fourth-order valence-electron chi connectivity index (χ4n) is 0.952. The topological polar surface area (TPSA) is 23.1 Å². The fourth-order valence-corrected chi connectivity index (χ4v) is 0.952. The van der Waals surface area contributed by atoms with Crippen LogP contribution in [0, 0.1) is 0 Å². The fraction of sp³-hybridized carbons (Fsp3) is 1.00. The van der Waals surface area contributed by atoms with Crippen molar-refractivity contribution < 1.29 is 5.11 Å². The summed E-state index contributed by atoms with van der Waals surface area (Å²) >= 11 is 0. The van der Waals surface area contributed by atoms with Gasteiger partial charge in [0.05, 0.1) is 6.61 Å². The molecule has 2 nitrogen and oxygen atoms in total. The molecule has 0 saturated heterocycles. The highest BCUT2D eigenvalue weighted by atomic mass is 16.3. The zero-order valence-electron chi connectivity index (χ0n) is 6.55. The molecule has 9 heavy (non-hydrogen) atoms. The molecule has 0 aromatic rings. The van der Waals surface area contributed by atoms with Gasteiger partial charge in [-0.15, -0.1) is 0 Å². The highest BCUT2D eigenvalue weighted by Gasteiger charge is 2.07. The molecule has 0 fully saturated rings. The lowest BCUT2D eigenvalue weighted by atomic mass is 10.3. The molecule has 2 heteroatoms. The van der Waals surface area contributed by atoms with Crippen LogP contribution in [0.5, 0.6) is 0 Å². The van der Waals surface area contributed by atoms with Crippen LogP contribution >= 0.6 is 0 Å². The minimum absolute atomic E-state index is 0.0156. The molecule has 0 aromatic heterocycles. The van der Waals surface area contributed by atoms with E-state index >= 15 is 0 Å². The van der Waals surface area contributed by atoms with Gasteiger partial charge in [0.25, 0.3) is 0 Å². The van der Waals surface area contributed by atoms with Crippen LogP contribution in [0.1, 0.15) is 20.8 Å². The minimum atomic E-state index is 0.0156. The summed E-state index contributed by atoms with van der Waals surface area (Å²) in [5.41, 5.74) is 0. The van der Waals surface area contributed by atoms with Gasteiger partial charge < -0.3 is 0 Å². The van der Waals surface area contributed by atoms with Gasteiger partial charge in [-0.05, 0) is 20.0 Å². The average Bonchev–Trinajstić information content (AvgIpc) is 1.90. The third-order valence-electron chi connectivity index (χ3n) is 1.68. The second kappa shape index (κ2) is 4.77. The van der Waals surface area contributed by atoms with E-state index in [-0.39, 0.29) is 12.6 Å². The summed E-state index contributed by atoms with van der Waals surface area (Å²) in [4.78, 5) is 2.16. The van der Waals surface area contributed by atoms with Gasteiger partial charge in [0.2, 0.25) is 0 Å². The van der Waals surface area contributed by atoms with Crippen LogP contribution in [0.4, 0.5) is 0 Å². The number of likely N-dealkylation sites (N-methyl/N-ethyl adjacent to an activating group) is 1. The Kier molecular flexibility index (Phi) is 4.72. The average molecular weight is 130 g/mol. The standard InChI is InChI=1S/C7H16NO/c1-4-8(5-2)7(3)6-9/h7H,4-6H2,1-3H3. The summed E-state index contributed by atoms with van der Waals surface area (Å²) in [6.07, 6.45) is 0. The smallest absolute Gasteiger partial charge is 0.0974 e. The lowest BCUT2D eigenvalue weighted by Gasteiger charge is -2.23. The van der Waals surface area contributed by atoms with Gasteiger partial charge in [0.15, 0.2) is 0 Å². The first-order chi connectivity index (χ1) is 4.26. The molecule has 0 heterocycles. The van der Waals surface area contributed by atoms with Crippen LogP contribution in [0.3, 0.4) is 0 Å². The first-order valence-electron chi connectivity index (χ1n) is 3.58. The van der Waals surface area contributed by atoms with Gasteiger partial charge in [-0.2, -0.15) is 0 Å². The molecule has 1 atom stereocenters. The zero-order valence-corrected chi connectivity index (χ0v) is 6.55. The zero-order chi connectivity index (χ0) is 7.28. The Labute approximate surface area is 57.5 Å². The Bertz CT molecular complexity index is 61.9. The van der Waals surface area contributed by atoms with E-state index in [9.17, 15) is 5.11 Å². The normalized spacial score (nSPS) is 14.3. The maximum Gasteiger partial charge on any atom is 0.0974 e. The Morgan fingerprint density at radius 3 is 1.89 bits per heavy atom. The van der Waals surface area contributed by atoms with Crippen LogP contribution in [0.15, 0.2) is 0 Å². The summed E-state index contributed by atoms with van der Waals surface area (Å²) in [7, 11) is 0. The van der Waals surface area contributed by atoms with Crippen LogP contribution < -0.4 is 0 Å². The van der Waals surface area contributed by atoms with Crippen molar-refractivity contribution in [3.63, 3.8) is 0 Å². The van der Waals surface area contributed by atoms with Crippen molar-refractivity contribution in [2.75, 3.05) is 19.7 Å². The van der Waals surface area contributed by atoms with Crippen LogP contribution in [-0.4, -0.2) is 30.6 Å². The highest BCUT2D eigenvalue weighted by molar-refractivity contribution is 4.61. The van der Waals surface area contributed by atoms with Gasteiger partial charge in [0, 0.05) is 6.04 Å². The van der Waals surface area contributed by atoms with E-state index < -0.39 is 0 Å². The highest BCUT2D eigenvalue weighted by Crippen LogP contribution is 1.95. The Hall–Kier alpha value is -0.0800. The SMILES string of the molecule is CCN(CC)C(C)C[O]. The summed E-state index contributed by atoms with van der Waals surface area (Å²) < 4.78 is 0. The molecular formula is C7H16NO. The van der Waals surface area contributed by atoms with Crippen molar-refractivity contribution in [1.29, 1.82) is 0 Å². The van der Waals surface area contributed by atoms with Gasteiger partial charge in [0.1, 0.15) is 0 Å². The molecule has 0 bridgehead atoms. The molecule has 0 amide bonds. The van der Waals surface area contributed by atoms with E-state index in [0.717, 1.165) is 13.1 Å². The van der Waals surface area contributed by atoms with E-state index in [1.165, 1.54) is 0 Å². The van der Waals surface area contributed by atoms with Crippen molar-refractivity contribution in [2.24, 2.45) is 0 Å². The number of nitrogens with zero attached hydrogens (tertiary/aromatic N) is 1. The molecule has 0 rings (SSSR count). The number of hydrogen-bond acceptors (Lipinski definition) is 1. The maximum absolute atomic E-state index is 10.3. The van der Waals surface area contributed by atoms with Crippen molar-refractivity contribution in [2.45, 2.75) is 26.8 Å². The second-order valence-corrected chi connectivity index (χ2v) is 2.24. The van der Waals surface area contributed by atoms with Crippen LogP contribution in [0.2, 0.25) is 0 Å². The van der Waals surface area contributed by atoms with Gasteiger partial charge in [-0.1, -0.05) is 13.8 Å². The first-order valence-corrected chi connectivity index (χ1v) is 3.58. The summed E-state index contributed by atoms with van der Waals surface area (Å²) in [5, 5.41) is 10.3. The van der Waals surface area contributed by atoms with Crippen LogP contribution in [0.25, 0.3) is 0 Å². The molecule has 0 saturated carbocycles. The molecular weight excluding hydrogens is 114 g/mol. The van der Waals surface area contributed by atoms with Crippen molar-refractivity contribution >= 4 is 0 Å². The predicted octanol–water partition coefficient (Wildman–Crippen LogP) is 1.15. The monoisotopic (exact) mass is 130 g/mol. The van der Waals surface area contributed by atoms with Crippen molar-refractivity contribution in [3.05, 3.63) is 0 Å². The van der Waals surface area contributed by atoms with Crippen molar-refractivity contribution in [1.82, 2.24) is 4.90 Å². The number of hydrogen-bond donors (Lipinski definition) is 0. The molecule has 1 unspecified atom stereocenters. The maximum atomic E-state index is 10.3. The molecule has 0 aliphatic rings. The first kappa shape index (κ1) is 8.92. The predicted molar refractivity (Wildman–Crippen MR) is 37.9 cm³/mol. The molecule has 0 aromatic carbocycles. The third-order valence-corrected chi connectivity index (χ3v) is 1.68. The summed E-state index contributed by atoms with van der Waals surface area (Å²) in [5.74, 6) is 0. The van der Waals surface area contributed by atoms with Crippen LogP contribution in [-0.2, 0) is 5.11 Å². The van der Waals surface area contributed by atoms with E-state index in [2.05, 4.69) is 18.7 Å². The molecule has 0 spiro atoms. The largest absolute Gasteiger partial charge is 0.299 e. The summed E-state index contributed by atoms with van der Waals surface area (Å²) in [6, 6.07) is 0.208. The van der Waals surface area contributed by atoms with Gasteiger partial charge in [-0.3, -0.25) is 4.90 Å². The molecule has 0 aliphatic heterocycles. The molecule has 0 N–H and O–H groups in total. The second-order valence-electron chi connectivity index (χ2n) is 2.24. The van der Waals surface area contributed by atoms with E-state index in [1.807, 2.05) is 6.92 Å². The molecule has 55 valence electrons. The molecule has 1 radical (unpaired) electrons. The minimum Gasteiger partial charge on any atom is -0.299 e. The third kappa shape index (κ3) is 2.82. The number of rotatable bonds is 4. The van der Waals surface area contributed by atoms with E-state index in [0.29, 0.717) is 0 Å². The Morgan fingerprint density at radius 2 is 1.78 bits per heavy atom. The Morgan fingerprint density at radius 1 is 1.33 bits per heavy atom. The van der Waals surface area contributed by atoms with Gasteiger partial charge in [-0.25, -0.2) is 5.11 Å². The lowest BCUT2D eigenvalue weighted by Crippen LogP contribution is -2.34. The van der Waals surface area contributed by atoms with E-state index in [1.54, 1.807) is 0 Å².